The molecule has 0 spiro atoms. The lowest BCUT2D eigenvalue weighted by Crippen LogP contribution is -2.27. The van der Waals surface area contributed by atoms with Crippen LogP contribution in [0.25, 0.3) is 10.9 Å². The summed E-state index contributed by atoms with van der Waals surface area (Å²) >= 11 is 0. The maximum Gasteiger partial charge on any atom is 0.252 e. The number of fused-ring (bicyclic) bond motifs is 1. The van der Waals surface area contributed by atoms with Crippen molar-refractivity contribution in [2.75, 3.05) is 7.11 Å². The highest BCUT2D eigenvalue weighted by Gasteiger charge is 2.15. The van der Waals surface area contributed by atoms with Gasteiger partial charge in [0.15, 0.2) is 0 Å². The first-order chi connectivity index (χ1) is 12.8. The molecule has 1 aromatic heterocycles. The van der Waals surface area contributed by atoms with Crippen LogP contribution in [0.1, 0.15) is 30.9 Å². The predicted octanol–water partition coefficient (Wildman–Crippen LogP) is 3.14. The summed E-state index contributed by atoms with van der Waals surface area (Å²) in [6, 6.07) is 13.8. The molecule has 0 aliphatic heterocycles. The minimum Gasteiger partial charge on any atom is -0.497 e. The van der Waals surface area contributed by atoms with Gasteiger partial charge in [0.25, 0.3) is 5.56 Å². The number of aromatic amines is 1. The molecule has 0 saturated carbocycles. The molecule has 0 fully saturated rings. The first-order valence-corrected chi connectivity index (χ1v) is 10.1. The van der Waals surface area contributed by atoms with E-state index < -0.39 is 10.0 Å². The fraction of sp³-hybridized carbons (Fsp3) is 0.250. The molecular formula is C20H22N2O4S. The Bertz CT molecular complexity index is 1120. The largest absolute Gasteiger partial charge is 0.497 e. The van der Waals surface area contributed by atoms with Crippen molar-refractivity contribution in [1.82, 2.24) is 9.71 Å². The minimum absolute atomic E-state index is 0.0917. The van der Waals surface area contributed by atoms with Gasteiger partial charge >= 0.3 is 0 Å². The van der Waals surface area contributed by atoms with Gasteiger partial charge in [0, 0.05) is 18.2 Å². The van der Waals surface area contributed by atoms with Crippen molar-refractivity contribution in [2.24, 2.45) is 0 Å². The summed E-state index contributed by atoms with van der Waals surface area (Å²) in [7, 11) is -2.15. The molecule has 0 radical (unpaired) electrons. The third-order valence-electron chi connectivity index (χ3n) is 4.44. The third-order valence-corrected chi connectivity index (χ3v) is 5.86. The van der Waals surface area contributed by atoms with E-state index in [4.69, 9.17) is 4.74 Å². The standard InChI is InChI=1S/C20H22N2O4S/c1-13(2)14-5-8-18(9-6-14)27(24,25)21-12-16-10-15-4-7-17(26-3)11-19(15)22-20(16)23/h4-11,13,21H,12H2,1-3H3,(H,22,23). The van der Waals surface area contributed by atoms with Crippen molar-refractivity contribution in [2.45, 2.75) is 31.2 Å². The SMILES string of the molecule is COc1ccc2cc(CNS(=O)(=O)c3ccc(C(C)C)cc3)c(=O)[nH]c2c1. The van der Waals surface area contributed by atoms with E-state index in [0.717, 1.165) is 10.9 Å². The molecule has 3 aromatic rings. The van der Waals surface area contributed by atoms with Crippen LogP contribution in [0.3, 0.4) is 0 Å². The van der Waals surface area contributed by atoms with E-state index >= 15 is 0 Å². The first-order valence-electron chi connectivity index (χ1n) is 8.60. The molecule has 3 rings (SSSR count). The number of ether oxygens (including phenoxy) is 1. The maximum atomic E-state index is 12.5. The molecule has 0 aliphatic rings. The highest BCUT2D eigenvalue weighted by molar-refractivity contribution is 7.89. The third kappa shape index (κ3) is 4.20. The zero-order valence-corrected chi connectivity index (χ0v) is 16.3. The number of pyridine rings is 1. The Morgan fingerprint density at radius 1 is 1.07 bits per heavy atom. The van der Waals surface area contributed by atoms with E-state index in [-0.39, 0.29) is 17.0 Å². The summed E-state index contributed by atoms with van der Waals surface area (Å²) in [6.07, 6.45) is 0. The van der Waals surface area contributed by atoms with Gasteiger partial charge in [0.2, 0.25) is 10.0 Å². The Morgan fingerprint density at radius 3 is 2.41 bits per heavy atom. The second-order valence-electron chi connectivity index (χ2n) is 6.63. The maximum absolute atomic E-state index is 12.5. The van der Waals surface area contributed by atoms with Crippen LogP contribution in [-0.4, -0.2) is 20.5 Å². The van der Waals surface area contributed by atoms with Crippen LogP contribution in [0, 0.1) is 0 Å². The molecule has 0 atom stereocenters. The van der Waals surface area contributed by atoms with E-state index in [1.165, 1.54) is 0 Å². The van der Waals surface area contributed by atoms with Gasteiger partial charge < -0.3 is 9.72 Å². The summed E-state index contributed by atoms with van der Waals surface area (Å²) in [4.78, 5) is 15.2. The number of nitrogens with one attached hydrogen (secondary N) is 2. The van der Waals surface area contributed by atoms with E-state index in [1.807, 2.05) is 19.9 Å². The van der Waals surface area contributed by atoms with Gasteiger partial charge in [-0.25, -0.2) is 13.1 Å². The molecule has 6 nitrogen and oxygen atoms in total. The predicted molar refractivity (Wildman–Crippen MR) is 106 cm³/mol. The van der Waals surface area contributed by atoms with Crippen molar-refractivity contribution in [1.29, 1.82) is 0 Å². The minimum atomic E-state index is -3.70. The van der Waals surface area contributed by atoms with Gasteiger partial charge in [-0.05, 0) is 47.2 Å². The fourth-order valence-electron chi connectivity index (χ4n) is 2.77. The van der Waals surface area contributed by atoms with Gasteiger partial charge in [-0.2, -0.15) is 0 Å². The number of methoxy groups -OCH3 is 1. The molecule has 7 heteroatoms. The smallest absolute Gasteiger partial charge is 0.252 e. The molecule has 0 bridgehead atoms. The number of benzene rings is 2. The topological polar surface area (TPSA) is 88.3 Å². The van der Waals surface area contributed by atoms with E-state index in [0.29, 0.717) is 22.7 Å². The Hall–Kier alpha value is -2.64. The number of rotatable bonds is 6. The molecule has 2 N–H and O–H groups in total. The number of hydrogen-bond acceptors (Lipinski definition) is 4. The number of sulfonamides is 1. The van der Waals surface area contributed by atoms with Crippen LogP contribution in [0.2, 0.25) is 0 Å². The van der Waals surface area contributed by atoms with Crippen LogP contribution in [-0.2, 0) is 16.6 Å². The van der Waals surface area contributed by atoms with Crippen LogP contribution >= 0.6 is 0 Å². The van der Waals surface area contributed by atoms with Crippen LogP contribution in [0.15, 0.2) is 58.2 Å². The fourth-order valence-corrected chi connectivity index (χ4v) is 3.78. The highest BCUT2D eigenvalue weighted by atomic mass is 32.2. The van der Waals surface area contributed by atoms with Crippen molar-refractivity contribution < 1.29 is 13.2 Å². The van der Waals surface area contributed by atoms with Crippen LogP contribution in [0.5, 0.6) is 5.75 Å². The van der Waals surface area contributed by atoms with Crippen molar-refractivity contribution in [3.05, 3.63) is 70.0 Å². The van der Waals surface area contributed by atoms with Crippen molar-refractivity contribution >= 4 is 20.9 Å². The Morgan fingerprint density at radius 2 is 1.78 bits per heavy atom. The molecule has 0 amide bonds. The number of aromatic nitrogens is 1. The zero-order chi connectivity index (χ0) is 19.6. The quantitative estimate of drug-likeness (QED) is 0.681. The molecule has 1 heterocycles. The van der Waals surface area contributed by atoms with Crippen molar-refractivity contribution in [3.63, 3.8) is 0 Å². The molecule has 0 saturated heterocycles. The second-order valence-corrected chi connectivity index (χ2v) is 8.39. The summed E-state index contributed by atoms with van der Waals surface area (Å²) in [5.74, 6) is 0.959. The normalized spacial score (nSPS) is 11.9. The summed E-state index contributed by atoms with van der Waals surface area (Å²) in [5.41, 5.74) is 1.70. The van der Waals surface area contributed by atoms with E-state index in [2.05, 4.69) is 9.71 Å². The molecule has 0 unspecified atom stereocenters. The van der Waals surface area contributed by atoms with Gasteiger partial charge in [-0.1, -0.05) is 26.0 Å². The number of hydrogen-bond donors (Lipinski definition) is 2. The summed E-state index contributed by atoms with van der Waals surface area (Å²) in [6.45, 7) is 4.00. The van der Waals surface area contributed by atoms with E-state index in [9.17, 15) is 13.2 Å². The van der Waals surface area contributed by atoms with Crippen molar-refractivity contribution in [3.8, 4) is 5.75 Å². The number of H-pyrrole nitrogens is 1. The lowest BCUT2D eigenvalue weighted by molar-refractivity contribution is 0.415. The average Bonchev–Trinajstić information content (AvgIpc) is 2.66. The van der Waals surface area contributed by atoms with Gasteiger partial charge in [-0.15, -0.1) is 0 Å². The lowest BCUT2D eigenvalue weighted by Gasteiger charge is -2.10. The van der Waals surface area contributed by atoms with Crippen LogP contribution in [0.4, 0.5) is 0 Å². The van der Waals surface area contributed by atoms with Gasteiger partial charge in [0.05, 0.1) is 17.5 Å². The van der Waals surface area contributed by atoms with Gasteiger partial charge in [-0.3, -0.25) is 4.79 Å². The second kappa shape index (κ2) is 7.54. The van der Waals surface area contributed by atoms with Crippen LogP contribution < -0.4 is 15.0 Å². The average molecular weight is 386 g/mol. The molecular weight excluding hydrogens is 364 g/mol. The Labute approximate surface area is 158 Å². The Balaban J connectivity index is 1.82. The monoisotopic (exact) mass is 386 g/mol. The molecule has 142 valence electrons. The molecule has 27 heavy (non-hydrogen) atoms. The lowest BCUT2D eigenvalue weighted by atomic mass is 10.0. The Kier molecular flexibility index (Phi) is 5.34. The highest BCUT2D eigenvalue weighted by Crippen LogP contribution is 2.19. The molecule has 0 aliphatic carbocycles. The summed E-state index contributed by atoms with van der Waals surface area (Å²) in [5, 5.41) is 0.797. The first kappa shape index (κ1) is 19.1. The van der Waals surface area contributed by atoms with Gasteiger partial charge in [0.1, 0.15) is 5.75 Å². The zero-order valence-electron chi connectivity index (χ0n) is 15.4. The van der Waals surface area contributed by atoms with E-state index in [1.54, 1.807) is 49.6 Å². The molecule has 2 aromatic carbocycles. The summed E-state index contributed by atoms with van der Waals surface area (Å²) < 4.78 is 32.6.